The molecule has 1 saturated carbocycles. The Balaban J connectivity index is 1.73. The molecule has 0 aliphatic heterocycles. The zero-order valence-corrected chi connectivity index (χ0v) is 10.2. The van der Waals surface area contributed by atoms with Crippen molar-refractivity contribution in [2.24, 2.45) is 35.0 Å². The van der Waals surface area contributed by atoms with E-state index in [9.17, 15) is 0 Å². The molecule has 3 heteroatoms. The van der Waals surface area contributed by atoms with Crippen molar-refractivity contribution in [3.05, 3.63) is 12.2 Å². The number of fused-ring (bicyclic) bond motifs is 2. The zero-order chi connectivity index (χ0) is 11.7. The first kappa shape index (κ1) is 12.1. The van der Waals surface area contributed by atoms with Crippen LogP contribution in [0.3, 0.4) is 0 Å². The highest BCUT2D eigenvalue weighted by Gasteiger charge is 2.35. The van der Waals surface area contributed by atoms with Gasteiger partial charge >= 0.3 is 0 Å². The molecule has 6 atom stereocenters. The van der Waals surface area contributed by atoms with Gasteiger partial charge in [0.25, 0.3) is 0 Å². The van der Waals surface area contributed by atoms with Crippen LogP contribution in [0.15, 0.2) is 12.2 Å². The van der Waals surface area contributed by atoms with Crippen molar-refractivity contribution in [2.45, 2.75) is 50.7 Å². The lowest BCUT2D eigenvalue weighted by Gasteiger charge is -2.25. The Morgan fingerprint density at radius 3 is 2.44 bits per heavy atom. The van der Waals surface area contributed by atoms with Crippen LogP contribution in [0.25, 0.3) is 0 Å². The number of nitrogens with two attached hydrogens (primary N) is 3. The summed E-state index contributed by atoms with van der Waals surface area (Å²) in [6.45, 7) is 1.94. The summed E-state index contributed by atoms with van der Waals surface area (Å²) in [7, 11) is 0. The van der Waals surface area contributed by atoms with E-state index in [1.165, 1.54) is 19.3 Å². The highest BCUT2D eigenvalue weighted by atomic mass is 14.8. The topological polar surface area (TPSA) is 78.1 Å². The maximum absolute atomic E-state index is 6.07. The van der Waals surface area contributed by atoms with Gasteiger partial charge in [-0.05, 0) is 50.4 Å². The summed E-state index contributed by atoms with van der Waals surface area (Å²) in [4.78, 5) is 0. The van der Waals surface area contributed by atoms with Crippen molar-refractivity contribution in [1.82, 2.24) is 0 Å². The first-order valence-corrected chi connectivity index (χ1v) is 6.53. The first-order valence-electron chi connectivity index (χ1n) is 6.53. The summed E-state index contributed by atoms with van der Waals surface area (Å²) >= 11 is 0. The molecule has 16 heavy (non-hydrogen) atoms. The molecular formula is C13H25N3. The van der Waals surface area contributed by atoms with Crippen LogP contribution in [0.4, 0.5) is 0 Å². The number of allylic oxidation sites excluding steroid dienone is 2. The molecule has 6 N–H and O–H groups in total. The van der Waals surface area contributed by atoms with Gasteiger partial charge in [0, 0.05) is 18.1 Å². The van der Waals surface area contributed by atoms with Crippen LogP contribution in [0.1, 0.15) is 32.6 Å². The van der Waals surface area contributed by atoms with Crippen LogP contribution >= 0.6 is 0 Å². The van der Waals surface area contributed by atoms with Gasteiger partial charge in [0.15, 0.2) is 0 Å². The summed E-state index contributed by atoms with van der Waals surface area (Å²) in [5.41, 5.74) is 17.8. The molecule has 6 unspecified atom stereocenters. The molecule has 0 aromatic carbocycles. The number of hydrogen-bond acceptors (Lipinski definition) is 3. The van der Waals surface area contributed by atoms with E-state index in [1.54, 1.807) is 0 Å². The van der Waals surface area contributed by atoms with Crippen molar-refractivity contribution in [1.29, 1.82) is 0 Å². The maximum Gasteiger partial charge on any atom is 0.0343 e. The zero-order valence-electron chi connectivity index (χ0n) is 10.2. The maximum atomic E-state index is 6.07. The van der Waals surface area contributed by atoms with Gasteiger partial charge in [-0.2, -0.15) is 0 Å². The summed E-state index contributed by atoms with van der Waals surface area (Å²) in [6, 6.07) is -0.00726. The van der Waals surface area contributed by atoms with Crippen LogP contribution in [-0.2, 0) is 0 Å². The highest BCUT2D eigenvalue weighted by molar-refractivity contribution is 5.10. The third-order valence-corrected chi connectivity index (χ3v) is 4.39. The second kappa shape index (κ2) is 4.86. The van der Waals surface area contributed by atoms with Crippen molar-refractivity contribution in [2.75, 3.05) is 0 Å². The van der Waals surface area contributed by atoms with Crippen molar-refractivity contribution >= 4 is 0 Å². The molecular weight excluding hydrogens is 198 g/mol. The van der Waals surface area contributed by atoms with Crippen LogP contribution in [-0.4, -0.2) is 18.1 Å². The fraction of sp³-hybridized carbons (Fsp3) is 0.846. The van der Waals surface area contributed by atoms with Gasteiger partial charge in [0.1, 0.15) is 0 Å². The fourth-order valence-corrected chi connectivity index (χ4v) is 3.22. The molecule has 0 heterocycles. The average Bonchev–Trinajstić information content (AvgIpc) is 2.86. The minimum atomic E-state index is -0.0610. The highest BCUT2D eigenvalue weighted by Crippen LogP contribution is 2.45. The van der Waals surface area contributed by atoms with E-state index in [0.717, 1.165) is 24.2 Å². The monoisotopic (exact) mass is 223 g/mol. The van der Waals surface area contributed by atoms with Crippen LogP contribution in [0, 0.1) is 17.8 Å². The van der Waals surface area contributed by atoms with Crippen LogP contribution < -0.4 is 17.2 Å². The second-order valence-electron chi connectivity index (χ2n) is 5.72. The normalized spacial score (nSPS) is 37.6. The van der Waals surface area contributed by atoms with Crippen molar-refractivity contribution in [3.63, 3.8) is 0 Å². The molecule has 0 spiro atoms. The minimum Gasteiger partial charge on any atom is -0.326 e. The molecule has 1 fully saturated rings. The second-order valence-corrected chi connectivity index (χ2v) is 5.72. The molecule has 2 bridgehead atoms. The van der Waals surface area contributed by atoms with E-state index >= 15 is 0 Å². The Labute approximate surface area is 98.4 Å². The predicted molar refractivity (Wildman–Crippen MR) is 67.7 cm³/mol. The Bertz CT molecular complexity index is 262. The molecule has 2 aliphatic rings. The van der Waals surface area contributed by atoms with E-state index in [0.29, 0.717) is 0 Å². The molecule has 3 nitrogen and oxygen atoms in total. The van der Waals surface area contributed by atoms with Gasteiger partial charge in [-0.15, -0.1) is 0 Å². The quantitative estimate of drug-likeness (QED) is 0.608. The van der Waals surface area contributed by atoms with Gasteiger partial charge in [0.05, 0.1) is 0 Å². The summed E-state index contributed by atoms with van der Waals surface area (Å²) in [5, 5.41) is 0. The van der Waals surface area contributed by atoms with Crippen LogP contribution in [0.5, 0.6) is 0 Å². The molecule has 0 radical (unpaired) electrons. The molecule has 0 aromatic heterocycles. The first-order chi connectivity index (χ1) is 7.58. The lowest BCUT2D eigenvalue weighted by molar-refractivity contribution is 0.355. The molecule has 0 saturated heterocycles. The standard InChI is InChI=1S/C13H25N3/c1-8(14)13(16)12(15)5-4-11-7-9-2-3-10(11)6-9/h2-3,8-13H,4-7,14-16H2,1H3. The van der Waals surface area contributed by atoms with E-state index in [1.807, 2.05) is 6.92 Å². The Kier molecular flexibility index (Phi) is 3.67. The minimum absolute atomic E-state index is 0.00470. The molecule has 2 rings (SSSR count). The SMILES string of the molecule is CC(N)C(N)C(N)CCC1CC2C=CC1C2. The third kappa shape index (κ3) is 2.47. The lowest BCUT2D eigenvalue weighted by Crippen LogP contribution is -2.51. The van der Waals surface area contributed by atoms with Gasteiger partial charge in [-0.3, -0.25) is 0 Å². The van der Waals surface area contributed by atoms with Crippen molar-refractivity contribution in [3.8, 4) is 0 Å². The van der Waals surface area contributed by atoms with E-state index in [2.05, 4.69) is 12.2 Å². The van der Waals surface area contributed by atoms with E-state index < -0.39 is 0 Å². The molecule has 92 valence electrons. The Morgan fingerprint density at radius 1 is 1.19 bits per heavy atom. The Hall–Kier alpha value is -0.380. The van der Waals surface area contributed by atoms with E-state index in [4.69, 9.17) is 17.2 Å². The molecule has 0 amide bonds. The van der Waals surface area contributed by atoms with Gasteiger partial charge in [0.2, 0.25) is 0 Å². The largest absolute Gasteiger partial charge is 0.326 e. The van der Waals surface area contributed by atoms with Gasteiger partial charge in [-0.25, -0.2) is 0 Å². The summed E-state index contributed by atoms with van der Waals surface area (Å²) in [5.74, 6) is 2.53. The van der Waals surface area contributed by atoms with Gasteiger partial charge in [-0.1, -0.05) is 12.2 Å². The summed E-state index contributed by atoms with van der Waals surface area (Å²) in [6.07, 6.45) is 9.75. The molecule has 0 aromatic rings. The number of rotatable bonds is 5. The third-order valence-electron chi connectivity index (χ3n) is 4.39. The molecule has 2 aliphatic carbocycles. The Morgan fingerprint density at radius 2 is 1.94 bits per heavy atom. The van der Waals surface area contributed by atoms with E-state index in [-0.39, 0.29) is 18.1 Å². The predicted octanol–water partition coefficient (Wildman–Crippen LogP) is 0.981. The summed E-state index contributed by atoms with van der Waals surface area (Å²) < 4.78 is 0. The smallest absolute Gasteiger partial charge is 0.0343 e. The van der Waals surface area contributed by atoms with Crippen LogP contribution in [0.2, 0.25) is 0 Å². The number of hydrogen-bond donors (Lipinski definition) is 3. The fourth-order valence-electron chi connectivity index (χ4n) is 3.22. The van der Waals surface area contributed by atoms with Crippen molar-refractivity contribution < 1.29 is 0 Å². The van der Waals surface area contributed by atoms with Gasteiger partial charge < -0.3 is 17.2 Å². The average molecular weight is 223 g/mol. The lowest BCUT2D eigenvalue weighted by atomic mass is 9.86.